The van der Waals surface area contributed by atoms with Crippen molar-refractivity contribution in [3.8, 4) is 22.8 Å². The topological polar surface area (TPSA) is 77.8 Å². The fourth-order valence-electron chi connectivity index (χ4n) is 3.19. The van der Waals surface area contributed by atoms with E-state index in [0.717, 1.165) is 33.1 Å². The molecule has 2 heterocycles. The SMILES string of the molecule is Nc1nc(-c2ccccc2)nc(-c2cccc3oc4ccccc4c23)n1. The fourth-order valence-corrected chi connectivity index (χ4v) is 3.19. The lowest BCUT2D eigenvalue weighted by molar-refractivity contribution is 0.669. The molecule has 2 aromatic heterocycles. The number of nitrogen functional groups attached to an aromatic ring is 1. The quantitative estimate of drug-likeness (QED) is 0.505. The smallest absolute Gasteiger partial charge is 0.224 e. The van der Waals surface area contributed by atoms with Crippen LogP contribution in [0.25, 0.3) is 44.7 Å². The molecular formula is C21H14N4O. The van der Waals surface area contributed by atoms with Gasteiger partial charge in [0.2, 0.25) is 5.95 Å². The summed E-state index contributed by atoms with van der Waals surface area (Å²) in [5, 5.41) is 2.01. The number of fused-ring (bicyclic) bond motifs is 3. The van der Waals surface area contributed by atoms with Gasteiger partial charge in [-0.05, 0) is 12.1 Å². The first-order valence-electron chi connectivity index (χ1n) is 8.27. The fraction of sp³-hybridized carbons (Fsp3) is 0. The maximum Gasteiger partial charge on any atom is 0.224 e. The van der Waals surface area contributed by atoms with Crippen LogP contribution in [0.4, 0.5) is 5.95 Å². The van der Waals surface area contributed by atoms with Crippen LogP contribution in [0.3, 0.4) is 0 Å². The van der Waals surface area contributed by atoms with Gasteiger partial charge in [-0.2, -0.15) is 9.97 Å². The first kappa shape index (κ1) is 14.6. The molecule has 5 rings (SSSR count). The molecule has 0 bridgehead atoms. The second kappa shape index (κ2) is 5.67. The molecular weight excluding hydrogens is 324 g/mol. The van der Waals surface area contributed by atoms with E-state index in [2.05, 4.69) is 15.0 Å². The summed E-state index contributed by atoms with van der Waals surface area (Å²) in [7, 11) is 0. The van der Waals surface area contributed by atoms with Crippen LogP contribution in [0.1, 0.15) is 0 Å². The number of furan rings is 1. The first-order valence-corrected chi connectivity index (χ1v) is 8.27. The molecule has 3 aromatic carbocycles. The number of hydrogen-bond donors (Lipinski definition) is 1. The van der Waals surface area contributed by atoms with E-state index in [1.54, 1.807) is 0 Å². The van der Waals surface area contributed by atoms with Crippen LogP contribution in [0, 0.1) is 0 Å². The number of benzene rings is 3. The average molecular weight is 338 g/mol. The van der Waals surface area contributed by atoms with Crippen LogP contribution in [-0.2, 0) is 0 Å². The van der Waals surface area contributed by atoms with Gasteiger partial charge in [0.15, 0.2) is 11.6 Å². The van der Waals surface area contributed by atoms with Crippen molar-refractivity contribution in [3.05, 3.63) is 72.8 Å². The van der Waals surface area contributed by atoms with Crippen LogP contribution in [0.15, 0.2) is 77.2 Å². The minimum atomic E-state index is 0.193. The van der Waals surface area contributed by atoms with Gasteiger partial charge in [-0.25, -0.2) is 4.98 Å². The summed E-state index contributed by atoms with van der Waals surface area (Å²) in [6.45, 7) is 0. The summed E-state index contributed by atoms with van der Waals surface area (Å²) in [5.41, 5.74) is 9.38. The van der Waals surface area contributed by atoms with Crippen molar-refractivity contribution in [1.29, 1.82) is 0 Å². The van der Waals surface area contributed by atoms with Crippen molar-refractivity contribution in [3.63, 3.8) is 0 Å². The molecule has 0 unspecified atom stereocenters. The van der Waals surface area contributed by atoms with Crippen molar-refractivity contribution in [2.45, 2.75) is 0 Å². The monoisotopic (exact) mass is 338 g/mol. The van der Waals surface area contributed by atoms with Gasteiger partial charge in [0.1, 0.15) is 11.2 Å². The lowest BCUT2D eigenvalue weighted by atomic mass is 10.1. The second-order valence-electron chi connectivity index (χ2n) is 5.98. The highest BCUT2D eigenvalue weighted by Gasteiger charge is 2.15. The van der Waals surface area contributed by atoms with Gasteiger partial charge in [-0.15, -0.1) is 0 Å². The highest BCUT2D eigenvalue weighted by atomic mass is 16.3. The predicted molar refractivity (Wildman–Crippen MR) is 102 cm³/mol. The van der Waals surface area contributed by atoms with Crippen molar-refractivity contribution in [1.82, 2.24) is 15.0 Å². The van der Waals surface area contributed by atoms with Gasteiger partial charge >= 0.3 is 0 Å². The molecule has 0 saturated heterocycles. The zero-order valence-electron chi connectivity index (χ0n) is 13.8. The summed E-state index contributed by atoms with van der Waals surface area (Å²) in [6.07, 6.45) is 0. The van der Waals surface area contributed by atoms with Crippen LogP contribution >= 0.6 is 0 Å². The predicted octanol–water partition coefficient (Wildman–Crippen LogP) is 4.69. The Bertz CT molecular complexity index is 1250. The summed E-state index contributed by atoms with van der Waals surface area (Å²) >= 11 is 0. The zero-order chi connectivity index (χ0) is 17.5. The van der Waals surface area contributed by atoms with Gasteiger partial charge in [-0.1, -0.05) is 60.7 Å². The molecule has 26 heavy (non-hydrogen) atoms. The Hall–Kier alpha value is -3.73. The zero-order valence-corrected chi connectivity index (χ0v) is 13.8. The molecule has 0 spiro atoms. The Morgan fingerprint density at radius 1 is 0.654 bits per heavy atom. The molecule has 0 saturated carbocycles. The molecule has 5 heteroatoms. The van der Waals surface area contributed by atoms with Crippen LogP contribution in [-0.4, -0.2) is 15.0 Å². The Kier molecular flexibility index (Phi) is 3.18. The van der Waals surface area contributed by atoms with Crippen molar-refractivity contribution < 1.29 is 4.42 Å². The maximum atomic E-state index is 5.98. The highest BCUT2D eigenvalue weighted by Crippen LogP contribution is 2.35. The third kappa shape index (κ3) is 2.29. The third-order valence-electron chi connectivity index (χ3n) is 4.33. The van der Waals surface area contributed by atoms with E-state index in [9.17, 15) is 0 Å². The number of rotatable bonds is 2. The number of nitrogens with zero attached hydrogens (tertiary/aromatic N) is 3. The molecule has 0 atom stereocenters. The van der Waals surface area contributed by atoms with E-state index < -0.39 is 0 Å². The van der Waals surface area contributed by atoms with Gasteiger partial charge < -0.3 is 10.2 Å². The van der Waals surface area contributed by atoms with Crippen LogP contribution in [0.5, 0.6) is 0 Å². The summed E-state index contributed by atoms with van der Waals surface area (Å²) < 4.78 is 5.96. The first-order chi connectivity index (χ1) is 12.8. The van der Waals surface area contributed by atoms with E-state index in [-0.39, 0.29) is 5.95 Å². The molecule has 0 aliphatic carbocycles. The van der Waals surface area contributed by atoms with E-state index in [4.69, 9.17) is 10.2 Å². The molecule has 5 aromatic rings. The van der Waals surface area contributed by atoms with E-state index in [1.807, 2.05) is 72.8 Å². The number of aromatic nitrogens is 3. The Balaban J connectivity index is 1.80. The van der Waals surface area contributed by atoms with Gasteiger partial charge in [0.05, 0.1) is 0 Å². The normalized spacial score (nSPS) is 11.2. The lowest BCUT2D eigenvalue weighted by Gasteiger charge is -2.06. The Morgan fingerprint density at radius 2 is 1.38 bits per heavy atom. The number of nitrogens with two attached hydrogens (primary N) is 1. The number of para-hydroxylation sites is 1. The maximum absolute atomic E-state index is 5.98. The second-order valence-corrected chi connectivity index (χ2v) is 5.98. The minimum absolute atomic E-state index is 0.193. The van der Waals surface area contributed by atoms with Crippen LogP contribution in [0.2, 0.25) is 0 Å². The Morgan fingerprint density at radius 3 is 2.27 bits per heavy atom. The summed E-state index contributed by atoms with van der Waals surface area (Å²) in [4.78, 5) is 13.3. The van der Waals surface area contributed by atoms with Gasteiger partial charge in [-0.3, -0.25) is 0 Å². The molecule has 2 N–H and O–H groups in total. The number of hydrogen-bond acceptors (Lipinski definition) is 5. The summed E-state index contributed by atoms with van der Waals surface area (Å²) in [5.74, 6) is 1.28. The minimum Gasteiger partial charge on any atom is -0.456 e. The average Bonchev–Trinajstić information content (AvgIpc) is 3.07. The molecule has 0 aliphatic rings. The molecule has 0 radical (unpaired) electrons. The summed E-state index contributed by atoms with van der Waals surface area (Å²) in [6, 6.07) is 23.5. The van der Waals surface area contributed by atoms with E-state index in [0.29, 0.717) is 11.6 Å². The lowest BCUT2D eigenvalue weighted by Crippen LogP contribution is -2.02. The Labute approximate surface area is 149 Å². The van der Waals surface area contributed by atoms with Gasteiger partial charge in [0, 0.05) is 21.9 Å². The molecule has 0 fully saturated rings. The van der Waals surface area contributed by atoms with Crippen molar-refractivity contribution in [2.75, 3.05) is 5.73 Å². The van der Waals surface area contributed by atoms with E-state index >= 15 is 0 Å². The molecule has 0 amide bonds. The third-order valence-corrected chi connectivity index (χ3v) is 4.33. The molecule has 124 valence electrons. The number of anilines is 1. The van der Waals surface area contributed by atoms with Gasteiger partial charge in [0.25, 0.3) is 0 Å². The van der Waals surface area contributed by atoms with Crippen molar-refractivity contribution >= 4 is 27.9 Å². The standard InChI is InChI=1S/C21H14N4O/c22-21-24-19(13-7-2-1-3-8-13)23-20(25-21)15-10-6-12-17-18(15)14-9-4-5-11-16(14)26-17/h1-12H,(H2,22,23,24,25). The molecule has 0 aliphatic heterocycles. The largest absolute Gasteiger partial charge is 0.456 e. The van der Waals surface area contributed by atoms with Crippen molar-refractivity contribution in [2.24, 2.45) is 0 Å². The van der Waals surface area contributed by atoms with E-state index in [1.165, 1.54) is 0 Å². The van der Waals surface area contributed by atoms with Crippen LogP contribution < -0.4 is 5.73 Å². The highest BCUT2D eigenvalue weighted by molar-refractivity contribution is 6.11. The molecule has 5 nitrogen and oxygen atoms in total.